The number of aromatic nitrogens is 1. The van der Waals surface area contributed by atoms with Gasteiger partial charge in [-0.3, -0.25) is 4.79 Å². The van der Waals surface area contributed by atoms with E-state index in [0.717, 1.165) is 22.0 Å². The highest BCUT2D eigenvalue weighted by Gasteiger charge is 2.10. The summed E-state index contributed by atoms with van der Waals surface area (Å²) >= 11 is 1.62. The molecule has 1 heterocycles. The molecule has 1 amide bonds. The molecule has 0 spiro atoms. The van der Waals surface area contributed by atoms with Gasteiger partial charge >= 0.3 is 0 Å². The van der Waals surface area contributed by atoms with E-state index in [2.05, 4.69) is 10.3 Å². The topological polar surface area (TPSA) is 68.0 Å². The Morgan fingerprint density at radius 2 is 2.11 bits per heavy atom. The van der Waals surface area contributed by atoms with Crippen molar-refractivity contribution in [1.29, 1.82) is 0 Å². The fraction of sp³-hybridized carbons (Fsp3) is 0.286. The third-order valence-corrected chi connectivity index (χ3v) is 3.62. The zero-order valence-electron chi connectivity index (χ0n) is 11.0. The quantitative estimate of drug-likeness (QED) is 0.901. The number of anilines is 1. The highest BCUT2D eigenvalue weighted by Crippen LogP contribution is 2.23. The van der Waals surface area contributed by atoms with Crippen LogP contribution in [0, 0.1) is 6.92 Å². The average Bonchev–Trinajstić information content (AvgIpc) is 2.85. The summed E-state index contributed by atoms with van der Waals surface area (Å²) in [6.45, 7) is 3.87. The predicted molar refractivity (Wildman–Crippen MR) is 79.2 cm³/mol. The van der Waals surface area contributed by atoms with Crippen molar-refractivity contribution in [3.05, 3.63) is 34.7 Å². The van der Waals surface area contributed by atoms with E-state index >= 15 is 0 Å². The first-order valence-corrected chi connectivity index (χ1v) is 7.07. The van der Waals surface area contributed by atoms with Crippen molar-refractivity contribution in [3.8, 4) is 11.3 Å². The number of carbonyl (C=O) groups excluding carboxylic acids is 1. The highest BCUT2D eigenvalue weighted by atomic mass is 32.1. The maximum absolute atomic E-state index is 11.7. The number of thiazole rings is 1. The molecule has 0 unspecified atom stereocenters. The molecule has 0 saturated heterocycles. The van der Waals surface area contributed by atoms with E-state index < -0.39 is 6.04 Å². The molecule has 100 valence electrons. The molecule has 0 aliphatic carbocycles. The molecule has 0 bridgehead atoms. The van der Waals surface area contributed by atoms with E-state index in [1.807, 2.05) is 43.5 Å². The number of benzene rings is 1. The van der Waals surface area contributed by atoms with Gasteiger partial charge in [0.05, 0.1) is 16.7 Å². The van der Waals surface area contributed by atoms with Crippen LogP contribution in [0.15, 0.2) is 29.6 Å². The molecular weight excluding hydrogens is 258 g/mol. The Hall–Kier alpha value is -1.72. The second kappa shape index (κ2) is 5.95. The Kier molecular flexibility index (Phi) is 4.29. The standard InChI is InChI=1S/C14H17N3OS/c1-3-12(15)14(18)17-11-6-4-10(5-7-11)13-8-19-9(2)16-13/h4-8,12H,3,15H2,1-2H3,(H,17,18)/t12-/m0/s1. The van der Waals surface area contributed by atoms with Gasteiger partial charge < -0.3 is 11.1 Å². The molecule has 1 atom stereocenters. The number of nitrogens with one attached hydrogen (secondary N) is 1. The Bertz CT molecular complexity index is 562. The first kappa shape index (κ1) is 13.7. The lowest BCUT2D eigenvalue weighted by Gasteiger charge is -2.10. The fourth-order valence-electron chi connectivity index (χ4n) is 1.64. The van der Waals surface area contributed by atoms with Gasteiger partial charge in [0.1, 0.15) is 0 Å². The van der Waals surface area contributed by atoms with Crippen LogP contribution in [0.4, 0.5) is 5.69 Å². The van der Waals surface area contributed by atoms with Crippen LogP contribution in [0.5, 0.6) is 0 Å². The van der Waals surface area contributed by atoms with E-state index in [0.29, 0.717) is 6.42 Å². The van der Waals surface area contributed by atoms with Crippen molar-refractivity contribution in [2.75, 3.05) is 5.32 Å². The normalized spacial score (nSPS) is 12.2. The predicted octanol–water partition coefficient (Wildman–Crippen LogP) is 2.79. The van der Waals surface area contributed by atoms with Gasteiger partial charge in [-0.25, -0.2) is 4.98 Å². The van der Waals surface area contributed by atoms with Crippen LogP contribution in [0.25, 0.3) is 11.3 Å². The molecule has 0 radical (unpaired) electrons. The Morgan fingerprint density at radius 1 is 1.42 bits per heavy atom. The second-order valence-corrected chi connectivity index (χ2v) is 5.40. The smallest absolute Gasteiger partial charge is 0.241 e. The van der Waals surface area contributed by atoms with Crippen LogP contribution in [-0.4, -0.2) is 16.9 Å². The first-order chi connectivity index (χ1) is 9.10. The summed E-state index contributed by atoms with van der Waals surface area (Å²) < 4.78 is 0. The number of hydrogen-bond acceptors (Lipinski definition) is 4. The summed E-state index contributed by atoms with van der Waals surface area (Å²) in [7, 11) is 0. The number of rotatable bonds is 4. The van der Waals surface area contributed by atoms with Gasteiger partial charge in [0.25, 0.3) is 0 Å². The number of amides is 1. The molecule has 1 aromatic heterocycles. The minimum atomic E-state index is -0.458. The maximum atomic E-state index is 11.7. The van der Waals surface area contributed by atoms with Crippen LogP contribution >= 0.6 is 11.3 Å². The van der Waals surface area contributed by atoms with Gasteiger partial charge in [-0.1, -0.05) is 19.1 Å². The van der Waals surface area contributed by atoms with Gasteiger partial charge in [-0.2, -0.15) is 0 Å². The molecule has 0 aliphatic heterocycles. The zero-order valence-corrected chi connectivity index (χ0v) is 11.8. The second-order valence-electron chi connectivity index (χ2n) is 4.33. The van der Waals surface area contributed by atoms with Gasteiger partial charge in [-0.05, 0) is 25.5 Å². The Labute approximate surface area is 116 Å². The van der Waals surface area contributed by atoms with Gasteiger partial charge in [0.2, 0.25) is 5.91 Å². The SMILES string of the molecule is CC[C@H](N)C(=O)Nc1ccc(-c2csc(C)n2)cc1. The van der Waals surface area contributed by atoms with E-state index in [4.69, 9.17) is 5.73 Å². The number of aryl methyl sites for hydroxylation is 1. The summed E-state index contributed by atoms with van der Waals surface area (Å²) in [5, 5.41) is 5.86. The van der Waals surface area contributed by atoms with Crippen molar-refractivity contribution in [3.63, 3.8) is 0 Å². The van der Waals surface area contributed by atoms with E-state index in [1.54, 1.807) is 11.3 Å². The molecule has 2 aromatic rings. The van der Waals surface area contributed by atoms with Crippen LogP contribution in [0.2, 0.25) is 0 Å². The number of hydrogen-bond donors (Lipinski definition) is 2. The molecule has 0 aliphatic rings. The molecule has 0 fully saturated rings. The first-order valence-electron chi connectivity index (χ1n) is 6.19. The molecular formula is C14H17N3OS. The minimum Gasteiger partial charge on any atom is -0.325 e. The van der Waals surface area contributed by atoms with Gasteiger partial charge in [-0.15, -0.1) is 11.3 Å². The van der Waals surface area contributed by atoms with Crippen molar-refractivity contribution in [1.82, 2.24) is 4.98 Å². The van der Waals surface area contributed by atoms with E-state index in [-0.39, 0.29) is 5.91 Å². The fourth-order valence-corrected chi connectivity index (χ4v) is 2.26. The van der Waals surface area contributed by atoms with E-state index in [9.17, 15) is 4.79 Å². The van der Waals surface area contributed by atoms with Crippen molar-refractivity contribution in [2.24, 2.45) is 5.73 Å². The molecule has 5 heteroatoms. The number of carbonyl (C=O) groups is 1. The molecule has 2 rings (SSSR count). The monoisotopic (exact) mass is 275 g/mol. The van der Waals surface area contributed by atoms with Crippen LogP contribution in [0.3, 0.4) is 0 Å². The average molecular weight is 275 g/mol. The van der Waals surface area contributed by atoms with Gasteiger partial charge in [0, 0.05) is 16.6 Å². The van der Waals surface area contributed by atoms with Crippen LogP contribution in [0.1, 0.15) is 18.4 Å². The molecule has 19 heavy (non-hydrogen) atoms. The van der Waals surface area contributed by atoms with Crippen LogP contribution in [-0.2, 0) is 4.79 Å². The molecule has 0 saturated carbocycles. The minimum absolute atomic E-state index is 0.153. The maximum Gasteiger partial charge on any atom is 0.241 e. The third kappa shape index (κ3) is 3.39. The number of nitrogens with zero attached hydrogens (tertiary/aromatic N) is 1. The molecule has 4 nitrogen and oxygen atoms in total. The lowest BCUT2D eigenvalue weighted by molar-refractivity contribution is -0.117. The summed E-state index contributed by atoms with van der Waals surface area (Å²) in [6.07, 6.45) is 0.627. The third-order valence-electron chi connectivity index (χ3n) is 2.84. The van der Waals surface area contributed by atoms with E-state index in [1.165, 1.54) is 0 Å². The summed E-state index contributed by atoms with van der Waals surface area (Å²) in [5.74, 6) is -0.153. The van der Waals surface area contributed by atoms with Crippen LogP contribution < -0.4 is 11.1 Å². The highest BCUT2D eigenvalue weighted by molar-refractivity contribution is 7.09. The molecule has 3 N–H and O–H groups in total. The van der Waals surface area contributed by atoms with Gasteiger partial charge in [0.15, 0.2) is 0 Å². The summed E-state index contributed by atoms with van der Waals surface area (Å²) in [6, 6.07) is 7.17. The summed E-state index contributed by atoms with van der Waals surface area (Å²) in [4.78, 5) is 16.1. The molecule has 1 aromatic carbocycles. The zero-order chi connectivity index (χ0) is 13.8. The lowest BCUT2D eigenvalue weighted by atomic mass is 10.1. The van der Waals surface area contributed by atoms with Crippen molar-refractivity contribution >= 4 is 22.9 Å². The van der Waals surface area contributed by atoms with Crippen molar-refractivity contribution < 1.29 is 4.79 Å². The lowest BCUT2D eigenvalue weighted by Crippen LogP contribution is -2.34. The number of nitrogens with two attached hydrogens (primary N) is 1. The Balaban J connectivity index is 2.08. The Morgan fingerprint density at radius 3 is 2.63 bits per heavy atom. The van der Waals surface area contributed by atoms with Crippen molar-refractivity contribution in [2.45, 2.75) is 26.3 Å². The summed E-state index contributed by atoms with van der Waals surface area (Å²) in [5.41, 5.74) is 8.43. The largest absolute Gasteiger partial charge is 0.325 e.